The number of halogens is 1. The molecule has 0 unspecified atom stereocenters. The van der Waals surface area contributed by atoms with Crippen molar-refractivity contribution in [2.45, 2.75) is 18.9 Å². The maximum atomic E-state index is 11.7. The van der Waals surface area contributed by atoms with E-state index in [1.54, 1.807) is 0 Å². The fraction of sp³-hybridized carbons (Fsp3) is 0.308. The van der Waals surface area contributed by atoms with Crippen molar-refractivity contribution in [2.75, 3.05) is 6.54 Å². The predicted molar refractivity (Wildman–Crippen MR) is 65.3 cm³/mol. The number of hydrogen-bond acceptors (Lipinski definition) is 1. The molecular weight excluding hydrogens is 222 g/mol. The van der Waals surface area contributed by atoms with Gasteiger partial charge in [-0.1, -0.05) is 36.4 Å². The predicted octanol–water partition coefficient (Wildman–Crippen LogP) is 3.19. The lowest BCUT2D eigenvalue weighted by Gasteiger charge is -2.24. The fourth-order valence-electron chi connectivity index (χ4n) is 2.22. The topological polar surface area (TPSA) is 20.3 Å². The van der Waals surface area contributed by atoms with Gasteiger partial charge in [0, 0.05) is 11.6 Å². The molecule has 16 heavy (non-hydrogen) atoms. The van der Waals surface area contributed by atoms with Gasteiger partial charge in [0.25, 0.3) is 0 Å². The minimum Gasteiger partial charge on any atom is -0.332 e. The quantitative estimate of drug-likeness (QED) is 0.721. The molecular formula is C13H14ClNO. The average Bonchev–Trinajstić information content (AvgIpc) is 2.77. The number of likely N-dealkylation sites (tertiary alicyclic amines) is 1. The summed E-state index contributed by atoms with van der Waals surface area (Å²) in [5.74, 6) is -0.0116. The molecule has 0 N–H and O–H groups in total. The standard InChI is InChI=1S/C13H14ClNO/c1-2-13(16)15-9-5-8-12(15)10-6-3-4-7-11(10)14/h2-4,6-7,12H,1,5,8-9H2/t12-/m1/s1. The highest BCUT2D eigenvalue weighted by Crippen LogP contribution is 2.35. The summed E-state index contributed by atoms with van der Waals surface area (Å²) >= 11 is 6.15. The Labute approximate surface area is 101 Å². The second kappa shape index (κ2) is 4.71. The Kier molecular flexibility index (Phi) is 3.30. The van der Waals surface area contributed by atoms with Gasteiger partial charge in [-0.25, -0.2) is 0 Å². The van der Waals surface area contributed by atoms with E-state index in [-0.39, 0.29) is 11.9 Å². The van der Waals surface area contributed by atoms with Crippen LogP contribution in [0.15, 0.2) is 36.9 Å². The van der Waals surface area contributed by atoms with E-state index in [2.05, 4.69) is 6.58 Å². The van der Waals surface area contributed by atoms with Crippen LogP contribution in [0.4, 0.5) is 0 Å². The van der Waals surface area contributed by atoms with E-state index >= 15 is 0 Å². The molecule has 2 rings (SSSR count). The first-order chi connectivity index (χ1) is 7.74. The van der Waals surface area contributed by atoms with E-state index in [4.69, 9.17) is 11.6 Å². The van der Waals surface area contributed by atoms with Gasteiger partial charge in [0.2, 0.25) is 5.91 Å². The van der Waals surface area contributed by atoms with E-state index in [1.165, 1.54) is 6.08 Å². The summed E-state index contributed by atoms with van der Waals surface area (Å²) in [7, 11) is 0. The second-order valence-electron chi connectivity index (χ2n) is 3.92. The highest BCUT2D eigenvalue weighted by molar-refractivity contribution is 6.31. The first kappa shape index (κ1) is 11.2. The second-order valence-corrected chi connectivity index (χ2v) is 4.32. The van der Waals surface area contributed by atoms with Crippen LogP contribution < -0.4 is 0 Å². The van der Waals surface area contributed by atoms with E-state index in [0.29, 0.717) is 0 Å². The summed E-state index contributed by atoms with van der Waals surface area (Å²) in [6.07, 6.45) is 3.37. The fourth-order valence-corrected chi connectivity index (χ4v) is 2.48. The van der Waals surface area contributed by atoms with E-state index in [1.807, 2.05) is 29.2 Å². The Hall–Kier alpha value is -1.28. The third-order valence-corrected chi connectivity index (χ3v) is 3.32. The molecule has 0 aliphatic carbocycles. The summed E-state index contributed by atoms with van der Waals surface area (Å²) in [6, 6.07) is 7.82. The summed E-state index contributed by atoms with van der Waals surface area (Å²) < 4.78 is 0. The minimum atomic E-state index is -0.0116. The number of amides is 1. The van der Waals surface area contributed by atoms with E-state index in [9.17, 15) is 4.79 Å². The molecule has 1 aromatic carbocycles. The molecule has 84 valence electrons. The molecule has 2 nitrogen and oxygen atoms in total. The van der Waals surface area contributed by atoms with Gasteiger partial charge in [-0.15, -0.1) is 0 Å². The molecule has 1 aromatic rings. The maximum Gasteiger partial charge on any atom is 0.246 e. The van der Waals surface area contributed by atoms with Gasteiger partial charge in [0.1, 0.15) is 0 Å². The molecule has 0 aromatic heterocycles. The molecule has 1 heterocycles. The molecule has 1 fully saturated rings. The van der Waals surface area contributed by atoms with Crippen LogP contribution >= 0.6 is 11.6 Å². The number of benzene rings is 1. The van der Waals surface area contributed by atoms with Crippen LogP contribution in [0.1, 0.15) is 24.4 Å². The van der Waals surface area contributed by atoms with Crippen molar-refractivity contribution in [3.05, 3.63) is 47.5 Å². The Morgan fingerprint density at radius 2 is 2.25 bits per heavy atom. The Bertz CT molecular complexity index is 416. The molecule has 0 radical (unpaired) electrons. The van der Waals surface area contributed by atoms with Gasteiger partial charge in [0.05, 0.1) is 6.04 Å². The van der Waals surface area contributed by atoms with Gasteiger partial charge in [-0.05, 0) is 30.5 Å². The monoisotopic (exact) mass is 235 g/mol. The summed E-state index contributed by atoms with van der Waals surface area (Å²) in [6.45, 7) is 4.32. The van der Waals surface area contributed by atoms with Crippen molar-refractivity contribution in [1.29, 1.82) is 0 Å². The summed E-state index contributed by atoms with van der Waals surface area (Å²) in [5, 5.41) is 0.733. The lowest BCUT2D eigenvalue weighted by molar-refractivity contribution is -0.126. The Balaban J connectivity index is 2.30. The largest absolute Gasteiger partial charge is 0.332 e. The van der Waals surface area contributed by atoms with Gasteiger partial charge in [0.15, 0.2) is 0 Å². The normalized spacial score (nSPS) is 19.8. The molecule has 1 aliphatic heterocycles. The van der Waals surface area contributed by atoms with E-state index in [0.717, 1.165) is 30.0 Å². The first-order valence-electron chi connectivity index (χ1n) is 5.41. The van der Waals surface area contributed by atoms with Crippen molar-refractivity contribution in [2.24, 2.45) is 0 Å². The van der Waals surface area contributed by atoms with Crippen LogP contribution in [0.25, 0.3) is 0 Å². The van der Waals surface area contributed by atoms with Crippen molar-refractivity contribution >= 4 is 17.5 Å². The highest BCUT2D eigenvalue weighted by Gasteiger charge is 2.29. The number of hydrogen-bond donors (Lipinski definition) is 0. The summed E-state index contributed by atoms with van der Waals surface area (Å²) in [4.78, 5) is 13.5. The average molecular weight is 236 g/mol. The number of rotatable bonds is 2. The number of carbonyl (C=O) groups excluding carboxylic acids is 1. The van der Waals surface area contributed by atoms with Crippen molar-refractivity contribution in [1.82, 2.24) is 4.90 Å². The lowest BCUT2D eigenvalue weighted by Crippen LogP contribution is -2.28. The molecule has 0 bridgehead atoms. The zero-order chi connectivity index (χ0) is 11.5. The molecule has 0 saturated carbocycles. The zero-order valence-electron chi connectivity index (χ0n) is 9.03. The zero-order valence-corrected chi connectivity index (χ0v) is 9.78. The van der Waals surface area contributed by atoms with Crippen LogP contribution in [0.3, 0.4) is 0 Å². The maximum absolute atomic E-state index is 11.7. The van der Waals surface area contributed by atoms with Crippen LogP contribution in [-0.2, 0) is 4.79 Å². The van der Waals surface area contributed by atoms with Gasteiger partial charge in [-0.3, -0.25) is 4.79 Å². The van der Waals surface area contributed by atoms with Crippen molar-refractivity contribution in [3.63, 3.8) is 0 Å². The van der Waals surface area contributed by atoms with Gasteiger partial charge < -0.3 is 4.90 Å². The Morgan fingerprint density at radius 3 is 2.94 bits per heavy atom. The number of carbonyl (C=O) groups is 1. The molecule has 1 aliphatic rings. The van der Waals surface area contributed by atoms with Gasteiger partial charge in [-0.2, -0.15) is 0 Å². The van der Waals surface area contributed by atoms with Crippen LogP contribution in [-0.4, -0.2) is 17.4 Å². The van der Waals surface area contributed by atoms with Gasteiger partial charge >= 0.3 is 0 Å². The first-order valence-corrected chi connectivity index (χ1v) is 5.79. The van der Waals surface area contributed by atoms with Crippen LogP contribution in [0.2, 0.25) is 5.02 Å². The molecule has 0 spiro atoms. The molecule has 1 amide bonds. The third-order valence-electron chi connectivity index (χ3n) is 2.97. The lowest BCUT2D eigenvalue weighted by atomic mass is 10.0. The van der Waals surface area contributed by atoms with E-state index < -0.39 is 0 Å². The van der Waals surface area contributed by atoms with Crippen molar-refractivity contribution < 1.29 is 4.79 Å². The SMILES string of the molecule is C=CC(=O)N1CCC[C@@H]1c1ccccc1Cl. The third kappa shape index (κ3) is 1.98. The Morgan fingerprint density at radius 1 is 1.50 bits per heavy atom. The molecule has 3 heteroatoms. The van der Waals surface area contributed by atoms with Crippen LogP contribution in [0.5, 0.6) is 0 Å². The molecule has 1 atom stereocenters. The smallest absolute Gasteiger partial charge is 0.246 e. The minimum absolute atomic E-state index is 0.0116. The van der Waals surface area contributed by atoms with Crippen molar-refractivity contribution in [3.8, 4) is 0 Å². The molecule has 1 saturated heterocycles. The number of nitrogens with zero attached hydrogens (tertiary/aromatic N) is 1. The summed E-state index contributed by atoms with van der Waals surface area (Å²) in [5.41, 5.74) is 1.04. The highest BCUT2D eigenvalue weighted by atomic mass is 35.5. The van der Waals surface area contributed by atoms with Crippen LogP contribution in [0, 0.1) is 0 Å².